The largest absolute Gasteiger partial charge is 0.373 e. The Hall–Kier alpha value is -2.01. The molecule has 26 heavy (non-hydrogen) atoms. The molecule has 0 atom stereocenters. The SMILES string of the molecule is Cc1nc2c(c(N3CCC(OCc4ccccc4F)CC3)n1)CCCC2. The van der Waals surface area contributed by atoms with Crippen LogP contribution in [-0.2, 0) is 24.2 Å². The second kappa shape index (κ2) is 7.70. The van der Waals surface area contributed by atoms with Crippen LogP contribution in [-0.4, -0.2) is 29.2 Å². The topological polar surface area (TPSA) is 38.2 Å². The van der Waals surface area contributed by atoms with E-state index in [2.05, 4.69) is 9.88 Å². The highest BCUT2D eigenvalue weighted by Crippen LogP contribution is 2.30. The molecule has 4 rings (SSSR count). The van der Waals surface area contributed by atoms with E-state index < -0.39 is 0 Å². The average Bonchev–Trinajstić information content (AvgIpc) is 2.67. The molecule has 0 radical (unpaired) electrons. The number of rotatable bonds is 4. The fourth-order valence-corrected chi connectivity index (χ4v) is 4.01. The summed E-state index contributed by atoms with van der Waals surface area (Å²) < 4.78 is 19.7. The zero-order chi connectivity index (χ0) is 17.9. The van der Waals surface area contributed by atoms with Crippen molar-refractivity contribution in [2.45, 2.75) is 58.2 Å². The van der Waals surface area contributed by atoms with Gasteiger partial charge >= 0.3 is 0 Å². The van der Waals surface area contributed by atoms with E-state index in [1.165, 1.54) is 30.2 Å². The highest BCUT2D eigenvalue weighted by Gasteiger charge is 2.25. The van der Waals surface area contributed by atoms with Gasteiger partial charge in [0.2, 0.25) is 0 Å². The van der Waals surface area contributed by atoms with Crippen molar-refractivity contribution < 1.29 is 9.13 Å². The van der Waals surface area contributed by atoms with Gasteiger partial charge in [-0.05, 0) is 51.5 Å². The van der Waals surface area contributed by atoms with Crippen LogP contribution in [0.2, 0.25) is 0 Å². The lowest BCUT2D eigenvalue weighted by atomic mass is 9.95. The van der Waals surface area contributed by atoms with Crippen molar-refractivity contribution in [2.75, 3.05) is 18.0 Å². The lowest BCUT2D eigenvalue weighted by Gasteiger charge is -2.35. The average molecular weight is 355 g/mol. The second-order valence-electron chi connectivity index (χ2n) is 7.32. The van der Waals surface area contributed by atoms with Gasteiger partial charge in [0, 0.05) is 29.9 Å². The van der Waals surface area contributed by atoms with E-state index >= 15 is 0 Å². The first-order chi connectivity index (χ1) is 12.7. The lowest BCUT2D eigenvalue weighted by molar-refractivity contribution is 0.0237. The number of ether oxygens (including phenoxy) is 1. The first-order valence-electron chi connectivity index (χ1n) is 9.67. The van der Waals surface area contributed by atoms with Crippen LogP contribution in [0.1, 0.15) is 48.3 Å². The Morgan fingerprint density at radius 1 is 1.12 bits per heavy atom. The number of aryl methyl sites for hydroxylation is 2. The predicted molar refractivity (Wildman–Crippen MR) is 99.8 cm³/mol. The van der Waals surface area contributed by atoms with E-state index in [0.29, 0.717) is 12.2 Å². The van der Waals surface area contributed by atoms with E-state index in [9.17, 15) is 4.39 Å². The summed E-state index contributed by atoms with van der Waals surface area (Å²) in [6.45, 7) is 4.21. The number of benzene rings is 1. The summed E-state index contributed by atoms with van der Waals surface area (Å²) in [5.74, 6) is 1.83. The lowest BCUT2D eigenvalue weighted by Crippen LogP contribution is -2.38. The number of piperidine rings is 1. The van der Waals surface area contributed by atoms with Crippen molar-refractivity contribution in [1.82, 2.24) is 9.97 Å². The molecule has 4 nitrogen and oxygen atoms in total. The third-order valence-corrected chi connectivity index (χ3v) is 5.45. The predicted octanol–water partition coefficient (Wildman–Crippen LogP) is 3.99. The number of nitrogens with zero attached hydrogens (tertiary/aromatic N) is 3. The molecule has 2 aromatic rings. The normalized spacial score (nSPS) is 18.0. The van der Waals surface area contributed by atoms with Crippen molar-refractivity contribution >= 4 is 5.82 Å². The molecule has 0 saturated carbocycles. The highest BCUT2D eigenvalue weighted by molar-refractivity contribution is 5.50. The number of hydrogen-bond acceptors (Lipinski definition) is 4. The molecule has 1 aliphatic heterocycles. The summed E-state index contributed by atoms with van der Waals surface area (Å²) >= 11 is 0. The number of fused-ring (bicyclic) bond motifs is 1. The van der Waals surface area contributed by atoms with Crippen molar-refractivity contribution in [3.8, 4) is 0 Å². The summed E-state index contributed by atoms with van der Waals surface area (Å²) in [5.41, 5.74) is 3.24. The van der Waals surface area contributed by atoms with Gasteiger partial charge in [-0.1, -0.05) is 18.2 Å². The maximum atomic E-state index is 13.7. The van der Waals surface area contributed by atoms with Gasteiger partial charge in [0.05, 0.1) is 12.7 Å². The Morgan fingerprint density at radius 3 is 2.69 bits per heavy atom. The molecule has 1 aromatic carbocycles. The third kappa shape index (κ3) is 3.73. The summed E-state index contributed by atoms with van der Waals surface area (Å²) in [6.07, 6.45) is 6.72. The number of anilines is 1. The molecule has 1 fully saturated rings. The van der Waals surface area contributed by atoms with E-state index in [-0.39, 0.29) is 11.9 Å². The molecular formula is C21H26FN3O. The Kier molecular flexibility index (Phi) is 5.16. The standard InChI is InChI=1S/C21H26FN3O/c1-15-23-20-9-5-3-7-18(20)21(24-15)25-12-10-17(11-13-25)26-14-16-6-2-4-8-19(16)22/h2,4,6,8,17H,3,5,7,9-14H2,1H3. The molecule has 2 aliphatic rings. The van der Waals surface area contributed by atoms with Crippen LogP contribution in [0.3, 0.4) is 0 Å². The van der Waals surface area contributed by atoms with Gasteiger partial charge in [0.25, 0.3) is 0 Å². The van der Waals surface area contributed by atoms with Gasteiger partial charge in [-0.3, -0.25) is 0 Å². The quantitative estimate of drug-likeness (QED) is 0.831. The van der Waals surface area contributed by atoms with E-state index in [4.69, 9.17) is 9.72 Å². The van der Waals surface area contributed by atoms with Crippen molar-refractivity contribution in [1.29, 1.82) is 0 Å². The van der Waals surface area contributed by atoms with Crippen LogP contribution in [0, 0.1) is 12.7 Å². The maximum absolute atomic E-state index is 13.7. The van der Waals surface area contributed by atoms with Gasteiger partial charge in [-0.25, -0.2) is 14.4 Å². The van der Waals surface area contributed by atoms with Crippen molar-refractivity contribution in [3.05, 3.63) is 52.7 Å². The summed E-state index contributed by atoms with van der Waals surface area (Å²) in [4.78, 5) is 11.8. The molecular weight excluding hydrogens is 329 g/mol. The maximum Gasteiger partial charge on any atom is 0.135 e. The van der Waals surface area contributed by atoms with Crippen LogP contribution in [0.5, 0.6) is 0 Å². The Balaban J connectivity index is 1.38. The van der Waals surface area contributed by atoms with E-state index in [1.54, 1.807) is 12.1 Å². The first-order valence-corrected chi connectivity index (χ1v) is 9.67. The molecule has 1 aliphatic carbocycles. The molecule has 2 heterocycles. The molecule has 0 amide bonds. The van der Waals surface area contributed by atoms with Crippen LogP contribution < -0.4 is 4.90 Å². The molecule has 1 aromatic heterocycles. The molecule has 0 N–H and O–H groups in total. The molecule has 5 heteroatoms. The van der Waals surface area contributed by atoms with Gasteiger partial charge in [0.1, 0.15) is 17.5 Å². The summed E-state index contributed by atoms with van der Waals surface area (Å²) in [5, 5.41) is 0. The van der Waals surface area contributed by atoms with E-state index in [0.717, 1.165) is 50.4 Å². The molecule has 0 unspecified atom stereocenters. The van der Waals surface area contributed by atoms with Gasteiger partial charge in [0.15, 0.2) is 0 Å². The monoisotopic (exact) mass is 355 g/mol. The second-order valence-corrected chi connectivity index (χ2v) is 7.32. The van der Waals surface area contributed by atoms with Gasteiger partial charge in [-0.2, -0.15) is 0 Å². The Morgan fingerprint density at radius 2 is 1.88 bits per heavy atom. The number of aromatic nitrogens is 2. The molecule has 0 spiro atoms. The fourth-order valence-electron chi connectivity index (χ4n) is 4.01. The van der Waals surface area contributed by atoms with Crippen LogP contribution in [0.25, 0.3) is 0 Å². The smallest absolute Gasteiger partial charge is 0.135 e. The van der Waals surface area contributed by atoms with Crippen LogP contribution in [0.4, 0.5) is 10.2 Å². The molecule has 0 bridgehead atoms. The zero-order valence-corrected chi connectivity index (χ0v) is 15.4. The first kappa shape index (κ1) is 17.4. The Bertz CT molecular complexity index is 772. The number of halogens is 1. The van der Waals surface area contributed by atoms with Crippen molar-refractivity contribution in [3.63, 3.8) is 0 Å². The minimum atomic E-state index is -0.187. The third-order valence-electron chi connectivity index (χ3n) is 5.45. The summed E-state index contributed by atoms with van der Waals surface area (Å²) in [6, 6.07) is 6.84. The number of hydrogen-bond donors (Lipinski definition) is 0. The highest BCUT2D eigenvalue weighted by atomic mass is 19.1. The minimum Gasteiger partial charge on any atom is -0.373 e. The summed E-state index contributed by atoms with van der Waals surface area (Å²) in [7, 11) is 0. The fraction of sp³-hybridized carbons (Fsp3) is 0.524. The van der Waals surface area contributed by atoms with Crippen LogP contribution >= 0.6 is 0 Å². The van der Waals surface area contributed by atoms with Crippen LogP contribution in [0.15, 0.2) is 24.3 Å². The Labute approximate surface area is 154 Å². The minimum absolute atomic E-state index is 0.185. The zero-order valence-electron chi connectivity index (χ0n) is 15.4. The van der Waals surface area contributed by atoms with Crippen molar-refractivity contribution in [2.24, 2.45) is 0 Å². The van der Waals surface area contributed by atoms with E-state index in [1.807, 2.05) is 13.0 Å². The molecule has 138 valence electrons. The van der Waals surface area contributed by atoms with Gasteiger partial charge < -0.3 is 9.64 Å². The molecule has 1 saturated heterocycles. The van der Waals surface area contributed by atoms with Gasteiger partial charge in [-0.15, -0.1) is 0 Å².